The summed E-state index contributed by atoms with van der Waals surface area (Å²) in [7, 11) is 0. The summed E-state index contributed by atoms with van der Waals surface area (Å²) in [6, 6.07) is 1.13. The third kappa shape index (κ3) is 2.77. The predicted molar refractivity (Wildman–Crippen MR) is 39.0 cm³/mol. The van der Waals surface area contributed by atoms with Crippen molar-refractivity contribution in [1.82, 2.24) is 9.55 Å². The molecule has 0 amide bonds. The zero-order valence-electron chi connectivity index (χ0n) is 6.38. The fourth-order valence-corrected chi connectivity index (χ4v) is 0.756. The minimum Gasteiger partial charge on any atom is -0.383 e. The van der Waals surface area contributed by atoms with E-state index in [2.05, 4.69) is 4.98 Å². The number of nitrogens with two attached hydrogens (primary N) is 1. The summed E-state index contributed by atoms with van der Waals surface area (Å²) >= 11 is 0. The van der Waals surface area contributed by atoms with E-state index in [1.807, 2.05) is 0 Å². The Kier molecular flexibility index (Phi) is 2.26. The van der Waals surface area contributed by atoms with Crippen molar-refractivity contribution >= 4 is 5.82 Å². The van der Waals surface area contributed by atoms with Crippen LogP contribution >= 0.6 is 0 Å². The summed E-state index contributed by atoms with van der Waals surface area (Å²) in [6.45, 7) is -1.35. The van der Waals surface area contributed by atoms with Crippen LogP contribution in [-0.4, -0.2) is 15.7 Å². The van der Waals surface area contributed by atoms with Gasteiger partial charge in [-0.15, -0.1) is 0 Å². The molecular weight excluding hydrogens is 187 g/mol. The first kappa shape index (κ1) is 9.56. The number of nitrogen functional groups attached to an aromatic ring is 1. The highest BCUT2D eigenvalue weighted by Crippen LogP contribution is 2.15. The minimum atomic E-state index is -4.43. The fourth-order valence-electron chi connectivity index (χ4n) is 0.756. The molecule has 2 N–H and O–H groups in total. The summed E-state index contributed by atoms with van der Waals surface area (Å²) in [5.41, 5.74) is 4.08. The first-order valence-corrected chi connectivity index (χ1v) is 3.28. The van der Waals surface area contributed by atoms with E-state index in [4.69, 9.17) is 5.73 Å². The lowest BCUT2D eigenvalue weighted by atomic mass is 10.5. The van der Waals surface area contributed by atoms with Gasteiger partial charge in [0.25, 0.3) is 0 Å². The molecular formula is C6H6F3N3O. The molecule has 0 aliphatic carbocycles. The van der Waals surface area contributed by atoms with Crippen molar-refractivity contribution in [3.63, 3.8) is 0 Å². The Morgan fingerprint density at radius 3 is 2.62 bits per heavy atom. The van der Waals surface area contributed by atoms with Crippen LogP contribution in [0.15, 0.2) is 17.1 Å². The van der Waals surface area contributed by atoms with Gasteiger partial charge < -0.3 is 5.73 Å². The van der Waals surface area contributed by atoms with Gasteiger partial charge in [0.05, 0.1) is 0 Å². The maximum atomic E-state index is 11.8. The van der Waals surface area contributed by atoms with Crippen LogP contribution in [0.3, 0.4) is 0 Å². The second-order valence-corrected chi connectivity index (χ2v) is 2.38. The summed E-state index contributed by atoms with van der Waals surface area (Å²) in [4.78, 5) is 13.9. The molecule has 1 rings (SSSR count). The van der Waals surface area contributed by atoms with E-state index < -0.39 is 18.4 Å². The fraction of sp³-hybridized carbons (Fsp3) is 0.333. The number of alkyl halides is 3. The molecule has 0 bridgehead atoms. The lowest BCUT2D eigenvalue weighted by Gasteiger charge is -2.07. The molecule has 1 aromatic rings. The van der Waals surface area contributed by atoms with Crippen LogP contribution in [0.5, 0.6) is 0 Å². The molecule has 0 aliphatic heterocycles. The average Bonchev–Trinajstić information content (AvgIpc) is 1.93. The molecule has 72 valence electrons. The highest BCUT2D eigenvalue weighted by molar-refractivity contribution is 5.23. The number of hydrogen-bond donors (Lipinski definition) is 1. The standard InChI is InChI=1S/C6H6F3N3O/c7-6(8,9)3-12-2-1-4(10)11-5(12)13/h1-2H,3H2,(H2,10,11,13). The van der Waals surface area contributed by atoms with Gasteiger partial charge in [-0.3, -0.25) is 4.57 Å². The first-order valence-electron chi connectivity index (χ1n) is 3.28. The second kappa shape index (κ2) is 3.08. The number of anilines is 1. The van der Waals surface area contributed by atoms with Crippen molar-refractivity contribution < 1.29 is 13.2 Å². The Bertz CT molecular complexity index is 357. The van der Waals surface area contributed by atoms with E-state index in [9.17, 15) is 18.0 Å². The summed E-state index contributed by atoms with van der Waals surface area (Å²) in [5, 5.41) is 0. The zero-order chi connectivity index (χ0) is 10.1. The lowest BCUT2D eigenvalue weighted by Crippen LogP contribution is -2.29. The Morgan fingerprint density at radius 1 is 1.54 bits per heavy atom. The monoisotopic (exact) mass is 193 g/mol. The van der Waals surface area contributed by atoms with Crippen molar-refractivity contribution in [2.75, 3.05) is 5.73 Å². The van der Waals surface area contributed by atoms with Gasteiger partial charge in [0.1, 0.15) is 12.4 Å². The smallest absolute Gasteiger partial charge is 0.383 e. The Labute approximate surface area is 70.8 Å². The molecule has 0 saturated heterocycles. The molecule has 4 nitrogen and oxygen atoms in total. The number of nitrogens with zero attached hydrogens (tertiary/aromatic N) is 2. The Hall–Kier alpha value is -1.53. The second-order valence-electron chi connectivity index (χ2n) is 2.38. The number of aromatic nitrogens is 2. The summed E-state index contributed by atoms with van der Waals surface area (Å²) in [6.07, 6.45) is -3.47. The molecule has 0 aromatic carbocycles. The average molecular weight is 193 g/mol. The minimum absolute atomic E-state index is 0.0941. The molecule has 0 aliphatic rings. The number of hydrogen-bond acceptors (Lipinski definition) is 3. The highest BCUT2D eigenvalue weighted by Gasteiger charge is 2.28. The van der Waals surface area contributed by atoms with Gasteiger partial charge in [0, 0.05) is 6.20 Å². The Morgan fingerprint density at radius 2 is 2.15 bits per heavy atom. The number of rotatable bonds is 1. The SMILES string of the molecule is Nc1ccn(CC(F)(F)F)c(=O)n1. The topological polar surface area (TPSA) is 60.9 Å². The first-order chi connectivity index (χ1) is 5.88. The quantitative estimate of drug-likeness (QED) is 0.701. The largest absolute Gasteiger partial charge is 0.406 e. The molecule has 1 aromatic heterocycles. The molecule has 0 unspecified atom stereocenters. The van der Waals surface area contributed by atoms with E-state index in [1.165, 1.54) is 0 Å². The van der Waals surface area contributed by atoms with E-state index >= 15 is 0 Å². The molecule has 0 atom stereocenters. The van der Waals surface area contributed by atoms with Crippen molar-refractivity contribution in [2.24, 2.45) is 0 Å². The van der Waals surface area contributed by atoms with Gasteiger partial charge in [-0.1, -0.05) is 0 Å². The van der Waals surface area contributed by atoms with Gasteiger partial charge in [0.2, 0.25) is 0 Å². The van der Waals surface area contributed by atoms with Crippen LogP contribution in [-0.2, 0) is 6.54 Å². The molecule has 0 saturated carbocycles. The van der Waals surface area contributed by atoms with Crippen molar-refractivity contribution in [3.8, 4) is 0 Å². The van der Waals surface area contributed by atoms with Crippen LogP contribution < -0.4 is 11.4 Å². The van der Waals surface area contributed by atoms with E-state index in [0.29, 0.717) is 4.57 Å². The van der Waals surface area contributed by atoms with E-state index in [-0.39, 0.29) is 5.82 Å². The van der Waals surface area contributed by atoms with Crippen molar-refractivity contribution in [1.29, 1.82) is 0 Å². The van der Waals surface area contributed by atoms with Gasteiger partial charge in [0.15, 0.2) is 0 Å². The van der Waals surface area contributed by atoms with Crippen LogP contribution in [0.1, 0.15) is 0 Å². The zero-order valence-corrected chi connectivity index (χ0v) is 6.38. The van der Waals surface area contributed by atoms with Crippen LogP contribution in [0.2, 0.25) is 0 Å². The predicted octanol–water partition coefficient (Wildman–Crippen LogP) is 0.388. The Balaban J connectivity index is 2.98. The van der Waals surface area contributed by atoms with Crippen LogP contribution in [0.4, 0.5) is 19.0 Å². The molecule has 13 heavy (non-hydrogen) atoms. The molecule has 0 fully saturated rings. The lowest BCUT2D eigenvalue weighted by molar-refractivity contribution is -0.141. The van der Waals surface area contributed by atoms with Gasteiger partial charge >= 0.3 is 11.9 Å². The third-order valence-electron chi connectivity index (χ3n) is 1.25. The van der Waals surface area contributed by atoms with Crippen molar-refractivity contribution in [3.05, 3.63) is 22.7 Å². The molecule has 7 heteroatoms. The molecule has 0 radical (unpaired) electrons. The third-order valence-corrected chi connectivity index (χ3v) is 1.25. The maximum absolute atomic E-state index is 11.8. The normalized spacial score (nSPS) is 11.6. The highest BCUT2D eigenvalue weighted by atomic mass is 19.4. The van der Waals surface area contributed by atoms with Gasteiger partial charge in [-0.05, 0) is 6.07 Å². The summed E-state index contributed by atoms with van der Waals surface area (Å²) in [5.74, 6) is -0.0941. The van der Waals surface area contributed by atoms with Crippen LogP contribution in [0.25, 0.3) is 0 Å². The van der Waals surface area contributed by atoms with Crippen molar-refractivity contribution in [2.45, 2.75) is 12.7 Å². The van der Waals surface area contributed by atoms with Gasteiger partial charge in [-0.2, -0.15) is 18.2 Å². The number of halogens is 3. The maximum Gasteiger partial charge on any atom is 0.406 e. The van der Waals surface area contributed by atoms with Crippen LogP contribution in [0, 0.1) is 0 Å². The molecule has 1 heterocycles. The van der Waals surface area contributed by atoms with E-state index in [0.717, 1.165) is 12.3 Å². The van der Waals surface area contributed by atoms with E-state index in [1.54, 1.807) is 0 Å². The summed E-state index contributed by atoms with van der Waals surface area (Å²) < 4.78 is 35.9. The molecule has 0 spiro atoms. The van der Waals surface area contributed by atoms with Gasteiger partial charge in [-0.25, -0.2) is 4.79 Å².